The molecule has 1 atom stereocenters. The molecule has 0 bridgehead atoms. The van der Waals surface area contributed by atoms with E-state index in [2.05, 4.69) is 51.3 Å². The van der Waals surface area contributed by atoms with Gasteiger partial charge in [-0.15, -0.1) is 0 Å². The van der Waals surface area contributed by atoms with E-state index in [1.165, 1.54) is 17.4 Å². The Morgan fingerprint density at radius 3 is 2.59 bits per heavy atom. The monoisotopic (exact) mass is 439 g/mol. The third kappa shape index (κ3) is 5.69. The van der Waals surface area contributed by atoms with E-state index < -0.39 is 0 Å². The van der Waals surface area contributed by atoms with Crippen molar-refractivity contribution < 1.29 is 13.9 Å². The van der Waals surface area contributed by atoms with Crippen LogP contribution in [-0.2, 0) is 17.8 Å². The van der Waals surface area contributed by atoms with Gasteiger partial charge in [0.2, 0.25) is 0 Å². The van der Waals surface area contributed by atoms with Gasteiger partial charge >= 0.3 is 0 Å². The molecule has 0 saturated carbocycles. The number of benzene rings is 1. The zero-order valence-corrected chi connectivity index (χ0v) is 19.0. The van der Waals surface area contributed by atoms with Crippen LogP contribution >= 0.6 is 0 Å². The third-order valence-corrected chi connectivity index (χ3v) is 5.98. The number of nitrogens with one attached hydrogen (secondary N) is 1. The molecule has 1 N–H and O–H groups in total. The molecule has 1 unspecified atom stereocenters. The number of hydrogen-bond acceptors (Lipinski definition) is 5. The van der Waals surface area contributed by atoms with E-state index in [0.29, 0.717) is 31.5 Å². The highest BCUT2D eigenvalue weighted by atomic mass is 16.5. The van der Waals surface area contributed by atoms with Gasteiger partial charge in [0.05, 0.1) is 19.0 Å². The molecule has 172 valence electrons. The van der Waals surface area contributed by atoms with Gasteiger partial charge in [-0.2, -0.15) is 0 Å². The van der Waals surface area contributed by atoms with Gasteiger partial charge in [-0.3, -0.25) is 14.7 Å². The second-order valence-corrected chi connectivity index (χ2v) is 8.39. The van der Waals surface area contributed by atoms with E-state index in [1.54, 1.807) is 19.2 Å². The molecule has 0 spiro atoms. The number of carbonyl (C=O) groups is 1. The van der Waals surface area contributed by atoms with Crippen LogP contribution in [0.3, 0.4) is 0 Å². The van der Waals surface area contributed by atoms with E-state index in [1.807, 2.05) is 4.90 Å². The van der Waals surface area contributed by atoms with Crippen LogP contribution in [0, 0.1) is 0 Å². The number of rotatable bonds is 5. The quantitative estimate of drug-likeness (QED) is 0.568. The highest BCUT2D eigenvalue weighted by molar-refractivity contribution is 5.91. The molecule has 2 aliphatic heterocycles. The second kappa shape index (κ2) is 10.7. The van der Waals surface area contributed by atoms with Crippen molar-refractivity contribution in [2.45, 2.75) is 26.1 Å². The lowest BCUT2D eigenvalue weighted by Crippen LogP contribution is -2.53. The topological polar surface area (TPSA) is 73.6 Å². The van der Waals surface area contributed by atoms with Crippen molar-refractivity contribution in [2.75, 3.05) is 52.9 Å². The molecule has 0 aliphatic carbocycles. The highest BCUT2D eigenvalue weighted by Gasteiger charge is 2.25. The van der Waals surface area contributed by atoms with Crippen LogP contribution in [0.1, 0.15) is 28.6 Å². The SMILES string of the molecule is CN=C(NCc1cccc(CN2CCOC(C)C2)c1)N1CCN(C(=O)c2ccco2)CC1. The highest BCUT2D eigenvalue weighted by Crippen LogP contribution is 2.13. The molecule has 8 heteroatoms. The number of furan rings is 1. The van der Waals surface area contributed by atoms with Crippen LogP contribution < -0.4 is 5.32 Å². The Morgan fingerprint density at radius 1 is 1.09 bits per heavy atom. The lowest BCUT2D eigenvalue weighted by atomic mass is 10.1. The largest absolute Gasteiger partial charge is 0.459 e. The van der Waals surface area contributed by atoms with Crippen LogP contribution in [0.2, 0.25) is 0 Å². The summed E-state index contributed by atoms with van der Waals surface area (Å²) in [5, 5.41) is 3.49. The number of aliphatic imine (C=N–C) groups is 1. The molecular weight excluding hydrogens is 406 g/mol. The van der Waals surface area contributed by atoms with Crippen molar-refractivity contribution >= 4 is 11.9 Å². The van der Waals surface area contributed by atoms with E-state index in [9.17, 15) is 4.79 Å². The molecule has 0 radical (unpaired) electrons. The Morgan fingerprint density at radius 2 is 1.88 bits per heavy atom. The van der Waals surface area contributed by atoms with Crippen LogP contribution in [0.15, 0.2) is 52.1 Å². The predicted octanol–water partition coefficient (Wildman–Crippen LogP) is 2.03. The van der Waals surface area contributed by atoms with Gasteiger partial charge in [0.15, 0.2) is 11.7 Å². The average Bonchev–Trinajstić information content (AvgIpc) is 3.35. The molecule has 2 fully saturated rings. The number of amides is 1. The molecule has 2 aromatic rings. The van der Waals surface area contributed by atoms with E-state index in [-0.39, 0.29) is 5.91 Å². The first-order chi connectivity index (χ1) is 15.6. The van der Waals surface area contributed by atoms with Gasteiger partial charge in [-0.05, 0) is 30.2 Å². The summed E-state index contributed by atoms with van der Waals surface area (Å²) in [6, 6.07) is 12.2. The minimum absolute atomic E-state index is 0.0518. The van der Waals surface area contributed by atoms with Crippen molar-refractivity contribution in [2.24, 2.45) is 4.99 Å². The molecule has 2 aliphatic rings. The summed E-state index contributed by atoms with van der Waals surface area (Å²) in [5.74, 6) is 1.21. The molecule has 3 heterocycles. The molecule has 1 aromatic carbocycles. The average molecular weight is 440 g/mol. The first kappa shape index (κ1) is 22.4. The Balaban J connectivity index is 1.27. The standard InChI is InChI=1S/C24H33N5O3/c1-19-17-27(12-14-31-19)18-21-6-3-5-20(15-21)16-26-24(25-2)29-10-8-28(9-11-29)23(30)22-7-4-13-32-22/h3-7,13,15,19H,8-12,14,16-18H2,1-2H3,(H,25,26). The maximum absolute atomic E-state index is 12.5. The van der Waals surface area contributed by atoms with Gasteiger partial charge in [-0.1, -0.05) is 24.3 Å². The second-order valence-electron chi connectivity index (χ2n) is 8.39. The summed E-state index contributed by atoms with van der Waals surface area (Å²) >= 11 is 0. The number of ether oxygens (including phenoxy) is 1. The normalized spacial score (nSPS) is 20.4. The van der Waals surface area contributed by atoms with Crippen molar-refractivity contribution in [3.05, 3.63) is 59.5 Å². The number of piperazine rings is 1. The Bertz CT molecular complexity index is 906. The third-order valence-electron chi connectivity index (χ3n) is 5.98. The fourth-order valence-corrected chi connectivity index (χ4v) is 4.32. The zero-order chi connectivity index (χ0) is 22.3. The number of guanidine groups is 1. The van der Waals surface area contributed by atoms with Crippen LogP contribution in [-0.4, -0.2) is 85.6 Å². The first-order valence-corrected chi connectivity index (χ1v) is 11.3. The lowest BCUT2D eigenvalue weighted by Gasteiger charge is -2.36. The molecule has 32 heavy (non-hydrogen) atoms. The van der Waals surface area contributed by atoms with Gasteiger partial charge < -0.3 is 24.3 Å². The molecule has 4 rings (SSSR count). The fourth-order valence-electron chi connectivity index (χ4n) is 4.32. The maximum atomic E-state index is 12.5. The van der Waals surface area contributed by atoms with E-state index in [0.717, 1.165) is 45.3 Å². The van der Waals surface area contributed by atoms with Gasteiger partial charge in [0.1, 0.15) is 0 Å². The summed E-state index contributed by atoms with van der Waals surface area (Å²) < 4.78 is 10.9. The molecule has 1 amide bonds. The molecule has 2 saturated heterocycles. The van der Waals surface area contributed by atoms with Crippen molar-refractivity contribution in [3.63, 3.8) is 0 Å². The van der Waals surface area contributed by atoms with Gasteiger partial charge in [0, 0.05) is 59.4 Å². The Hall–Kier alpha value is -2.84. The lowest BCUT2D eigenvalue weighted by molar-refractivity contribution is -0.0212. The van der Waals surface area contributed by atoms with E-state index >= 15 is 0 Å². The molecule has 1 aromatic heterocycles. The van der Waals surface area contributed by atoms with Crippen LogP contribution in [0.5, 0.6) is 0 Å². The van der Waals surface area contributed by atoms with Gasteiger partial charge in [-0.25, -0.2) is 0 Å². The summed E-state index contributed by atoms with van der Waals surface area (Å²) in [6.45, 7) is 9.32. The van der Waals surface area contributed by atoms with Crippen LogP contribution in [0.4, 0.5) is 0 Å². The number of nitrogens with zero attached hydrogens (tertiary/aromatic N) is 4. The Labute approximate surface area is 189 Å². The minimum Gasteiger partial charge on any atom is -0.459 e. The van der Waals surface area contributed by atoms with Gasteiger partial charge in [0.25, 0.3) is 5.91 Å². The number of morpholine rings is 1. The van der Waals surface area contributed by atoms with Crippen molar-refractivity contribution in [1.82, 2.24) is 20.0 Å². The summed E-state index contributed by atoms with van der Waals surface area (Å²) in [7, 11) is 1.80. The summed E-state index contributed by atoms with van der Waals surface area (Å²) in [5.41, 5.74) is 2.55. The Kier molecular flexibility index (Phi) is 7.44. The fraction of sp³-hybridized carbons (Fsp3) is 0.500. The maximum Gasteiger partial charge on any atom is 0.289 e. The number of hydrogen-bond donors (Lipinski definition) is 1. The predicted molar refractivity (Wildman–Crippen MR) is 124 cm³/mol. The van der Waals surface area contributed by atoms with Crippen LogP contribution in [0.25, 0.3) is 0 Å². The summed E-state index contributed by atoms with van der Waals surface area (Å²) in [4.78, 5) is 23.4. The molecule has 8 nitrogen and oxygen atoms in total. The van der Waals surface area contributed by atoms with Crippen molar-refractivity contribution in [1.29, 1.82) is 0 Å². The molecular formula is C24H33N5O3. The smallest absolute Gasteiger partial charge is 0.289 e. The first-order valence-electron chi connectivity index (χ1n) is 11.3. The van der Waals surface area contributed by atoms with E-state index in [4.69, 9.17) is 9.15 Å². The number of carbonyl (C=O) groups excluding carboxylic acids is 1. The minimum atomic E-state index is -0.0518. The zero-order valence-electron chi connectivity index (χ0n) is 19.0. The van der Waals surface area contributed by atoms with Crippen molar-refractivity contribution in [3.8, 4) is 0 Å². The summed E-state index contributed by atoms with van der Waals surface area (Å²) in [6.07, 6.45) is 1.83.